The van der Waals surface area contributed by atoms with Crippen LogP contribution in [0.3, 0.4) is 0 Å². The van der Waals surface area contributed by atoms with Gasteiger partial charge in [-0.05, 0) is 6.08 Å². The van der Waals surface area contributed by atoms with E-state index in [1.807, 2.05) is 0 Å². The summed E-state index contributed by atoms with van der Waals surface area (Å²) in [5.74, 6) is 0.0155. The second kappa shape index (κ2) is 3.01. The van der Waals surface area contributed by atoms with Crippen molar-refractivity contribution in [2.24, 2.45) is 0 Å². The fourth-order valence-electron chi connectivity index (χ4n) is 0.762. The monoisotopic (exact) mass is 153 g/mol. The standard InChI is InChI=1S/C7H7NO3/c9-7-4-2-1-3-6(5-7)8(10)11/h1-4,9H,5H2. The topological polar surface area (TPSA) is 63.4 Å². The van der Waals surface area contributed by atoms with E-state index < -0.39 is 4.92 Å². The second-order valence-electron chi connectivity index (χ2n) is 2.13. The molecule has 0 amide bonds. The largest absolute Gasteiger partial charge is 0.512 e. The smallest absolute Gasteiger partial charge is 0.253 e. The molecule has 58 valence electrons. The molecule has 4 heteroatoms. The van der Waals surface area contributed by atoms with Crippen molar-refractivity contribution in [3.8, 4) is 0 Å². The van der Waals surface area contributed by atoms with Crippen LogP contribution in [0.5, 0.6) is 0 Å². The van der Waals surface area contributed by atoms with E-state index in [2.05, 4.69) is 0 Å². The molecule has 0 saturated carbocycles. The van der Waals surface area contributed by atoms with Crippen LogP contribution in [-0.2, 0) is 0 Å². The van der Waals surface area contributed by atoms with Crippen molar-refractivity contribution in [2.75, 3.05) is 0 Å². The van der Waals surface area contributed by atoms with E-state index in [1.165, 1.54) is 18.2 Å². The molecule has 0 spiro atoms. The highest BCUT2D eigenvalue weighted by Gasteiger charge is 2.12. The quantitative estimate of drug-likeness (QED) is 0.459. The fourth-order valence-corrected chi connectivity index (χ4v) is 0.762. The predicted octanol–water partition coefficient (Wildman–Crippen LogP) is 1.55. The van der Waals surface area contributed by atoms with Crippen LogP contribution in [0.4, 0.5) is 0 Å². The van der Waals surface area contributed by atoms with Crippen LogP contribution < -0.4 is 0 Å². The molecule has 0 aromatic rings. The van der Waals surface area contributed by atoms with Crippen molar-refractivity contribution >= 4 is 0 Å². The van der Waals surface area contributed by atoms with Crippen LogP contribution in [0.25, 0.3) is 0 Å². The molecule has 0 fully saturated rings. The molecule has 0 bridgehead atoms. The number of allylic oxidation sites excluding steroid dienone is 4. The van der Waals surface area contributed by atoms with Gasteiger partial charge >= 0.3 is 0 Å². The molecule has 0 atom stereocenters. The van der Waals surface area contributed by atoms with Crippen molar-refractivity contribution in [2.45, 2.75) is 6.42 Å². The molecular weight excluding hydrogens is 146 g/mol. The predicted molar refractivity (Wildman–Crippen MR) is 39.5 cm³/mol. The van der Waals surface area contributed by atoms with Crippen molar-refractivity contribution in [1.82, 2.24) is 0 Å². The number of nitrogens with zero attached hydrogens (tertiary/aromatic N) is 1. The van der Waals surface area contributed by atoms with Gasteiger partial charge in [-0.1, -0.05) is 12.2 Å². The van der Waals surface area contributed by atoms with Gasteiger partial charge in [0, 0.05) is 6.08 Å². The van der Waals surface area contributed by atoms with Gasteiger partial charge < -0.3 is 5.11 Å². The van der Waals surface area contributed by atoms with Crippen LogP contribution in [-0.4, -0.2) is 10.0 Å². The first-order valence-electron chi connectivity index (χ1n) is 3.10. The van der Waals surface area contributed by atoms with Gasteiger partial charge in [-0.15, -0.1) is 0 Å². The van der Waals surface area contributed by atoms with Gasteiger partial charge in [0.25, 0.3) is 5.70 Å². The Morgan fingerprint density at radius 2 is 2.09 bits per heavy atom. The number of hydrogen-bond acceptors (Lipinski definition) is 3. The maximum absolute atomic E-state index is 10.2. The third kappa shape index (κ3) is 1.93. The molecule has 0 unspecified atom stereocenters. The van der Waals surface area contributed by atoms with Crippen molar-refractivity contribution in [3.05, 3.63) is 45.9 Å². The third-order valence-corrected chi connectivity index (χ3v) is 1.29. The van der Waals surface area contributed by atoms with Gasteiger partial charge in [0.15, 0.2) is 0 Å². The molecule has 0 aromatic carbocycles. The minimum Gasteiger partial charge on any atom is -0.512 e. The molecule has 11 heavy (non-hydrogen) atoms. The first-order valence-corrected chi connectivity index (χ1v) is 3.10. The Labute approximate surface area is 63.3 Å². The van der Waals surface area contributed by atoms with Crippen molar-refractivity contribution < 1.29 is 10.0 Å². The number of aliphatic hydroxyl groups is 1. The third-order valence-electron chi connectivity index (χ3n) is 1.29. The van der Waals surface area contributed by atoms with Crippen LogP contribution in [0, 0.1) is 10.1 Å². The molecule has 0 aromatic heterocycles. The first-order chi connectivity index (χ1) is 5.20. The molecule has 1 N–H and O–H groups in total. The lowest BCUT2D eigenvalue weighted by Gasteiger charge is -1.94. The van der Waals surface area contributed by atoms with E-state index in [-0.39, 0.29) is 17.9 Å². The minimum absolute atomic E-state index is 0.000000000000000222. The van der Waals surface area contributed by atoms with Gasteiger partial charge in [0.05, 0.1) is 11.3 Å². The fraction of sp³-hybridized carbons (Fsp3) is 0.143. The normalized spacial score (nSPS) is 16.7. The SMILES string of the molecule is O=[N+]([O-])C1=CC=CC=C(O)C1. The van der Waals surface area contributed by atoms with Gasteiger partial charge in [0.2, 0.25) is 0 Å². The Hall–Kier alpha value is -1.58. The summed E-state index contributed by atoms with van der Waals surface area (Å²) < 4.78 is 0. The summed E-state index contributed by atoms with van der Waals surface area (Å²) in [6.45, 7) is 0. The Morgan fingerprint density at radius 3 is 2.73 bits per heavy atom. The Morgan fingerprint density at radius 1 is 1.45 bits per heavy atom. The lowest BCUT2D eigenvalue weighted by molar-refractivity contribution is -0.427. The lowest BCUT2D eigenvalue weighted by atomic mass is 10.3. The van der Waals surface area contributed by atoms with Crippen LogP contribution in [0.2, 0.25) is 0 Å². The Kier molecular flexibility index (Phi) is 2.06. The van der Waals surface area contributed by atoms with Gasteiger partial charge in [-0.25, -0.2) is 0 Å². The van der Waals surface area contributed by atoms with Gasteiger partial charge in [-0.3, -0.25) is 10.1 Å². The molecule has 0 saturated heterocycles. The Balaban J connectivity index is 2.85. The maximum Gasteiger partial charge on any atom is 0.253 e. The zero-order valence-corrected chi connectivity index (χ0v) is 5.73. The molecule has 1 rings (SSSR count). The summed E-state index contributed by atoms with van der Waals surface area (Å²) in [6, 6.07) is 0. The van der Waals surface area contributed by atoms with E-state index in [1.54, 1.807) is 6.08 Å². The van der Waals surface area contributed by atoms with Gasteiger partial charge in [-0.2, -0.15) is 0 Å². The van der Waals surface area contributed by atoms with Crippen LogP contribution >= 0.6 is 0 Å². The average molecular weight is 153 g/mol. The zero-order chi connectivity index (χ0) is 8.27. The number of hydrogen-bond donors (Lipinski definition) is 1. The number of aliphatic hydroxyl groups excluding tert-OH is 1. The maximum atomic E-state index is 10.2. The molecule has 1 aliphatic carbocycles. The molecule has 1 aliphatic rings. The summed E-state index contributed by atoms with van der Waals surface area (Å²) in [6.07, 6.45) is 5.90. The molecule has 0 aliphatic heterocycles. The zero-order valence-electron chi connectivity index (χ0n) is 5.73. The molecule has 4 nitrogen and oxygen atoms in total. The highest BCUT2D eigenvalue weighted by Crippen LogP contribution is 2.12. The highest BCUT2D eigenvalue weighted by molar-refractivity contribution is 5.22. The molecule has 0 heterocycles. The van der Waals surface area contributed by atoms with E-state index >= 15 is 0 Å². The summed E-state index contributed by atoms with van der Waals surface area (Å²) in [5, 5.41) is 19.2. The van der Waals surface area contributed by atoms with E-state index in [9.17, 15) is 10.1 Å². The molecule has 0 radical (unpaired) electrons. The summed E-state index contributed by atoms with van der Waals surface area (Å²) in [4.78, 5) is 9.72. The lowest BCUT2D eigenvalue weighted by Crippen LogP contribution is -1.98. The highest BCUT2D eigenvalue weighted by atomic mass is 16.6. The van der Waals surface area contributed by atoms with E-state index in [0.717, 1.165) is 0 Å². The first kappa shape index (κ1) is 7.53. The average Bonchev–Trinajstić information content (AvgIpc) is 2.13. The van der Waals surface area contributed by atoms with E-state index in [4.69, 9.17) is 5.11 Å². The summed E-state index contributed by atoms with van der Waals surface area (Å²) >= 11 is 0. The van der Waals surface area contributed by atoms with Crippen LogP contribution in [0.1, 0.15) is 6.42 Å². The molecular formula is C7H7NO3. The summed E-state index contributed by atoms with van der Waals surface area (Å²) in [5.41, 5.74) is 0.00694. The van der Waals surface area contributed by atoms with Crippen molar-refractivity contribution in [1.29, 1.82) is 0 Å². The van der Waals surface area contributed by atoms with E-state index in [0.29, 0.717) is 0 Å². The Bertz CT molecular complexity index is 263. The van der Waals surface area contributed by atoms with Gasteiger partial charge in [0.1, 0.15) is 5.76 Å². The second-order valence-corrected chi connectivity index (χ2v) is 2.13. The minimum atomic E-state index is -0.500. The number of rotatable bonds is 1. The summed E-state index contributed by atoms with van der Waals surface area (Å²) in [7, 11) is 0. The van der Waals surface area contributed by atoms with Crippen LogP contribution in [0.15, 0.2) is 35.8 Å². The van der Waals surface area contributed by atoms with Crippen molar-refractivity contribution in [3.63, 3.8) is 0 Å². The number of nitro groups is 1.